The Morgan fingerprint density at radius 1 is 1.21 bits per heavy atom. The van der Waals surface area contributed by atoms with Gasteiger partial charge >= 0.3 is 0 Å². The summed E-state index contributed by atoms with van der Waals surface area (Å²) in [7, 11) is 0. The number of fused-ring (bicyclic) bond motifs is 1. The second kappa shape index (κ2) is 7.31. The van der Waals surface area contributed by atoms with Crippen molar-refractivity contribution in [2.45, 2.75) is 37.3 Å². The zero-order chi connectivity index (χ0) is 17.1. The van der Waals surface area contributed by atoms with E-state index in [4.69, 9.17) is 0 Å². The molecule has 1 aliphatic rings. The van der Waals surface area contributed by atoms with Crippen molar-refractivity contribution in [3.8, 4) is 0 Å². The maximum absolute atomic E-state index is 12.8. The van der Waals surface area contributed by atoms with Gasteiger partial charge in [0, 0.05) is 22.4 Å². The zero-order valence-corrected chi connectivity index (χ0v) is 15.3. The molecule has 0 spiro atoms. The van der Waals surface area contributed by atoms with E-state index in [0.717, 1.165) is 24.3 Å². The van der Waals surface area contributed by atoms with Gasteiger partial charge < -0.3 is 10.2 Å². The molecular weight excluding hydrogens is 316 g/mol. The Labute approximate surface area is 148 Å². The maximum Gasteiger partial charge on any atom is 0.246 e. The molecule has 1 aliphatic heterocycles. The summed E-state index contributed by atoms with van der Waals surface area (Å²) in [4.78, 5) is 16.0. The Kier molecular flexibility index (Phi) is 5.14. The van der Waals surface area contributed by atoms with Crippen LogP contribution in [-0.2, 0) is 4.79 Å². The van der Waals surface area contributed by atoms with Crippen LogP contribution in [0.4, 0.5) is 11.4 Å². The molecule has 4 heteroatoms. The molecule has 0 radical (unpaired) electrons. The number of para-hydroxylation sites is 1. The molecule has 1 heterocycles. The van der Waals surface area contributed by atoms with Crippen LogP contribution in [0.2, 0.25) is 0 Å². The Bertz CT molecular complexity index is 744. The van der Waals surface area contributed by atoms with Gasteiger partial charge in [0.15, 0.2) is 0 Å². The van der Waals surface area contributed by atoms with E-state index in [2.05, 4.69) is 44.3 Å². The van der Waals surface area contributed by atoms with Crippen molar-refractivity contribution in [1.82, 2.24) is 0 Å². The van der Waals surface area contributed by atoms with Crippen LogP contribution in [0, 0.1) is 13.8 Å². The van der Waals surface area contributed by atoms with E-state index in [-0.39, 0.29) is 5.91 Å². The number of hydrogen-bond donors (Lipinski definition) is 1. The third-order valence-corrected chi connectivity index (χ3v) is 5.82. The SMILES string of the molecule is Cc1cccc(NCC(=O)N2CC[C@@H](C)Sc3ccccc32)c1C. The van der Waals surface area contributed by atoms with Crippen molar-refractivity contribution in [3.63, 3.8) is 0 Å². The van der Waals surface area contributed by atoms with Crippen LogP contribution in [0.25, 0.3) is 0 Å². The average Bonchev–Trinajstić information content (AvgIpc) is 2.74. The van der Waals surface area contributed by atoms with Crippen molar-refractivity contribution in [1.29, 1.82) is 0 Å². The summed E-state index contributed by atoms with van der Waals surface area (Å²) in [5, 5.41) is 3.84. The van der Waals surface area contributed by atoms with E-state index in [1.807, 2.05) is 40.9 Å². The summed E-state index contributed by atoms with van der Waals surface area (Å²) in [6.07, 6.45) is 1.01. The van der Waals surface area contributed by atoms with Crippen molar-refractivity contribution in [3.05, 3.63) is 53.6 Å². The molecule has 0 saturated carbocycles. The molecule has 0 bridgehead atoms. The van der Waals surface area contributed by atoms with Crippen molar-refractivity contribution >= 4 is 29.0 Å². The highest BCUT2D eigenvalue weighted by Crippen LogP contribution is 2.37. The van der Waals surface area contributed by atoms with E-state index in [9.17, 15) is 4.79 Å². The topological polar surface area (TPSA) is 32.3 Å². The smallest absolute Gasteiger partial charge is 0.246 e. The number of hydrogen-bond acceptors (Lipinski definition) is 3. The number of thioether (sulfide) groups is 1. The fourth-order valence-electron chi connectivity index (χ4n) is 2.95. The third kappa shape index (κ3) is 3.59. The summed E-state index contributed by atoms with van der Waals surface area (Å²) in [6, 6.07) is 14.4. The minimum Gasteiger partial charge on any atom is -0.376 e. The van der Waals surface area contributed by atoms with Crippen LogP contribution >= 0.6 is 11.8 Å². The predicted molar refractivity (Wildman–Crippen MR) is 103 cm³/mol. The van der Waals surface area contributed by atoms with Gasteiger partial charge in [0.2, 0.25) is 5.91 Å². The number of aryl methyl sites for hydroxylation is 1. The number of amides is 1. The quantitative estimate of drug-likeness (QED) is 0.884. The number of carbonyl (C=O) groups excluding carboxylic acids is 1. The summed E-state index contributed by atoms with van der Waals surface area (Å²) in [5.74, 6) is 0.123. The largest absolute Gasteiger partial charge is 0.376 e. The second-order valence-corrected chi connectivity index (χ2v) is 7.81. The van der Waals surface area contributed by atoms with E-state index in [1.165, 1.54) is 16.0 Å². The summed E-state index contributed by atoms with van der Waals surface area (Å²) < 4.78 is 0. The molecule has 0 aliphatic carbocycles. The molecule has 2 aromatic carbocycles. The Morgan fingerprint density at radius 2 is 2.00 bits per heavy atom. The number of carbonyl (C=O) groups is 1. The molecule has 0 aromatic heterocycles. The molecule has 3 nitrogen and oxygen atoms in total. The van der Waals surface area contributed by atoms with E-state index >= 15 is 0 Å². The molecule has 1 N–H and O–H groups in total. The molecule has 1 amide bonds. The van der Waals surface area contributed by atoms with Gasteiger partial charge in [-0.2, -0.15) is 0 Å². The Hall–Kier alpha value is -1.94. The lowest BCUT2D eigenvalue weighted by atomic mass is 10.1. The number of rotatable bonds is 3. The Balaban J connectivity index is 1.76. The molecule has 2 aromatic rings. The van der Waals surface area contributed by atoms with Gasteiger partial charge in [0.05, 0.1) is 12.2 Å². The van der Waals surface area contributed by atoms with Gasteiger partial charge in [-0.3, -0.25) is 4.79 Å². The van der Waals surface area contributed by atoms with Crippen molar-refractivity contribution in [2.75, 3.05) is 23.3 Å². The maximum atomic E-state index is 12.8. The standard InChI is InChI=1S/C20H24N2OS/c1-14-7-6-8-17(16(14)3)21-13-20(23)22-12-11-15(2)24-19-10-5-4-9-18(19)22/h4-10,15,21H,11-13H2,1-3H3/t15-/m1/s1. The highest BCUT2D eigenvalue weighted by Gasteiger charge is 2.23. The van der Waals surface area contributed by atoms with Crippen LogP contribution in [-0.4, -0.2) is 24.2 Å². The number of benzene rings is 2. The molecule has 1 atom stereocenters. The van der Waals surface area contributed by atoms with Gasteiger partial charge in [0.1, 0.15) is 0 Å². The van der Waals surface area contributed by atoms with Crippen LogP contribution in [0.5, 0.6) is 0 Å². The lowest BCUT2D eigenvalue weighted by molar-refractivity contribution is -0.117. The average molecular weight is 340 g/mol. The minimum absolute atomic E-state index is 0.123. The lowest BCUT2D eigenvalue weighted by Crippen LogP contribution is -2.36. The second-order valence-electron chi connectivity index (χ2n) is 6.33. The molecule has 3 rings (SSSR count). The van der Waals surface area contributed by atoms with Crippen molar-refractivity contribution < 1.29 is 4.79 Å². The predicted octanol–water partition coefficient (Wildman–Crippen LogP) is 4.63. The first-order valence-electron chi connectivity index (χ1n) is 8.42. The molecule has 0 saturated heterocycles. The van der Waals surface area contributed by atoms with E-state index < -0.39 is 0 Å². The van der Waals surface area contributed by atoms with Gasteiger partial charge in [-0.15, -0.1) is 11.8 Å². The highest BCUT2D eigenvalue weighted by atomic mass is 32.2. The first-order chi connectivity index (χ1) is 11.6. The fourth-order valence-corrected chi connectivity index (χ4v) is 4.07. The minimum atomic E-state index is 0.123. The summed E-state index contributed by atoms with van der Waals surface area (Å²) in [6.45, 7) is 7.49. The molecule has 126 valence electrons. The molecular formula is C20H24N2OS. The lowest BCUT2D eigenvalue weighted by Gasteiger charge is -2.23. The molecule has 0 unspecified atom stereocenters. The van der Waals surface area contributed by atoms with E-state index in [0.29, 0.717) is 11.8 Å². The fraction of sp³-hybridized carbons (Fsp3) is 0.350. The first kappa shape index (κ1) is 16.9. The molecule has 0 fully saturated rings. The summed E-state index contributed by atoms with van der Waals surface area (Å²) in [5.41, 5.74) is 4.51. The van der Waals surface area contributed by atoms with E-state index in [1.54, 1.807) is 0 Å². The normalized spacial score (nSPS) is 17.1. The number of nitrogens with zero attached hydrogens (tertiary/aromatic N) is 1. The van der Waals surface area contributed by atoms with Crippen LogP contribution in [0.1, 0.15) is 24.5 Å². The third-order valence-electron chi connectivity index (χ3n) is 4.58. The number of anilines is 2. The van der Waals surface area contributed by atoms with Gasteiger partial charge in [-0.05, 0) is 49.6 Å². The van der Waals surface area contributed by atoms with Crippen LogP contribution in [0.3, 0.4) is 0 Å². The van der Waals surface area contributed by atoms with Gasteiger partial charge in [-0.1, -0.05) is 31.2 Å². The highest BCUT2D eigenvalue weighted by molar-refractivity contribution is 8.00. The van der Waals surface area contributed by atoms with Crippen LogP contribution < -0.4 is 10.2 Å². The summed E-state index contributed by atoms with van der Waals surface area (Å²) >= 11 is 1.86. The molecule has 24 heavy (non-hydrogen) atoms. The van der Waals surface area contributed by atoms with Gasteiger partial charge in [-0.25, -0.2) is 0 Å². The van der Waals surface area contributed by atoms with Crippen LogP contribution in [0.15, 0.2) is 47.4 Å². The Morgan fingerprint density at radius 3 is 2.83 bits per heavy atom. The van der Waals surface area contributed by atoms with Crippen molar-refractivity contribution in [2.24, 2.45) is 0 Å². The first-order valence-corrected chi connectivity index (χ1v) is 9.30. The monoisotopic (exact) mass is 340 g/mol. The number of nitrogens with one attached hydrogen (secondary N) is 1. The van der Waals surface area contributed by atoms with Gasteiger partial charge in [0.25, 0.3) is 0 Å². The zero-order valence-electron chi connectivity index (χ0n) is 14.5.